The Hall–Kier alpha value is -2.70. The van der Waals surface area contributed by atoms with E-state index in [4.69, 9.17) is 0 Å². The first-order chi connectivity index (χ1) is 8.25. The molecule has 84 valence electrons. The molecule has 17 heavy (non-hydrogen) atoms. The van der Waals surface area contributed by atoms with E-state index in [1.165, 1.54) is 6.33 Å². The van der Waals surface area contributed by atoms with Gasteiger partial charge in [-0.2, -0.15) is 9.78 Å². The number of fused-ring (bicyclic) bond motifs is 1. The summed E-state index contributed by atoms with van der Waals surface area (Å²) in [6, 6.07) is 7.07. The number of hydrogen-bond acceptors (Lipinski definition) is 4. The number of hydrogen-bond donors (Lipinski definition) is 2. The first-order valence-corrected chi connectivity index (χ1v) is 4.88. The zero-order chi connectivity index (χ0) is 11.8. The van der Waals surface area contributed by atoms with Gasteiger partial charge in [0.05, 0.1) is 11.0 Å². The highest BCUT2D eigenvalue weighted by atomic mass is 16.2. The second-order valence-electron chi connectivity index (χ2n) is 3.41. The number of nitrogens with one attached hydrogen (secondary N) is 2. The molecule has 7 nitrogen and oxygen atoms in total. The molecule has 0 saturated carbocycles. The molecule has 0 aliphatic heterocycles. The molecule has 2 N–H and O–H groups in total. The molecule has 0 aliphatic rings. The van der Waals surface area contributed by atoms with Crippen molar-refractivity contribution < 1.29 is 0 Å². The minimum atomic E-state index is -0.502. The zero-order valence-corrected chi connectivity index (χ0v) is 8.54. The summed E-state index contributed by atoms with van der Waals surface area (Å²) < 4.78 is 0.922. The Labute approximate surface area is 93.8 Å². The molecule has 0 radical (unpaired) electrons. The van der Waals surface area contributed by atoms with Gasteiger partial charge in [-0.15, -0.1) is 0 Å². The maximum absolute atomic E-state index is 11.8. The second kappa shape index (κ2) is 3.41. The van der Waals surface area contributed by atoms with Gasteiger partial charge >= 0.3 is 5.69 Å². The first kappa shape index (κ1) is 9.52. The summed E-state index contributed by atoms with van der Waals surface area (Å²) in [6.45, 7) is 0. The fourth-order valence-electron chi connectivity index (χ4n) is 1.57. The summed E-state index contributed by atoms with van der Waals surface area (Å²) in [5, 5.41) is 3.72. The van der Waals surface area contributed by atoms with Gasteiger partial charge in [0, 0.05) is 0 Å². The van der Waals surface area contributed by atoms with Crippen LogP contribution in [-0.2, 0) is 0 Å². The summed E-state index contributed by atoms with van der Waals surface area (Å²) in [7, 11) is 0. The highest BCUT2D eigenvalue weighted by molar-refractivity contribution is 5.74. The predicted octanol–water partition coefficient (Wildman–Crippen LogP) is -0.203. The third-order valence-corrected chi connectivity index (χ3v) is 2.34. The Balaban J connectivity index is 2.38. The van der Waals surface area contributed by atoms with Crippen LogP contribution < -0.4 is 11.2 Å². The third-order valence-electron chi connectivity index (χ3n) is 2.34. The summed E-state index contributed by atoms with van der Waals surface area (Å²) in [6.07, 6.45) is 1.21. The Bertz CT molecular complexity index is 798. The first-order valence-electron chi connectivity index (χ1n) is 4.88. The van der Waals surface area contributed by atoms with Crippen LogP contribution in [0.5, 0.6) is 0 Å². The van der Waals surface area contributed by atoms with Gasteiger partial charge < -0.3 is 4.98 Å². The van der Waals surface area contributed by atoms with E-state index in [9.17, 15) is 9.59 Å². The molecule has 3 aromatic rings. The molecule has 0 amide bonds. The van der Waals surface area contributed by atoms with E-state index in [-0.39, 0.29) is 5.82 Å². The van der Waals surface area contributed by atoms with Crippen molar-refractivity contribution in [3.63, 3.8) is 0 Å². The number of H-pyrrole nitrogens is 2. The van der Waals surface area contributed by atoms with Crippen LogP contribution >= 0.6 is 0 Å². The fraction of sp³-hybridized carbons (Fsp3) is 0. The quantitative estimate of drug-likeness (QED) is 0.603. The number of aromatic nitrogens is 5. The highest BCUT2D eigenvalue weighted by Gasteiger charge is 2.09. The van der Waals surface area contributed by atoms with Crippen molar-refractivity contribution in [1.29, 1.82) is 0 Å². The lowest BCUT2D eigenvalue weighted by atomic mass is 10.3. The van der Waals surface area contributed by atoms with Gasteiger partial charge in [-0.1, -0.05) is 12.1 Å². The van der Waals surface area contributed by atoms with Crippen molar-refractivity contribution in [2.24, 2.45) is 0 Å². The van der Waals surface area contributed by atoms with Crippen LogP contribution in [0, 0.1) is 0 Å². The van der Waals surface area contributed by atoms with E-state index in [0.29, 0.717) is 11.0 Å². The molecule has 0 atom stereocenters. The highest BCUT2D eigenvalue weighted by Crippen LogP contribution is 2.06. The average Bonchev–Trinajstić information content (AvgIpc) is 2.74. The molecule has 0 unspecified atom stereocenters. The molecule has 0 saturated heterocycles. The van der Waals surface area contributed by atoms with Crippen molar-refractivity contribution >= 4 is 11.0 Å². The van der Waals surface area contributed by atoms with E-state index in [1.807, 2.05) is 0 Å². The number of benzene rings is 1. The molecule has 2 aromatic heterocycles. The smallest absolute Gasteiger partial charge is 0.317 e. The Morgan fingerprint density at radius 2 is 2.00 bits per heavy atom. The number of nitrogens with zero attached hydrogens (tertiary/aromatic N) is 3. The van der Waals surface area contributed by atoms with E-state index < -0.39 is 11.2 Å². The molecule has 1 aromatic carbocycles. The van der Waals surface area contributed by atoms with Crippen LogP contribution in [0.25, 0.3) is 16.9 Å². The van der Waals surface area contributed by atoms with Crippen molar-refractivity contribution in [1.82, 2.24) is 24.7 Å². The van der Waals surface area contributed by atoms with Gasteiger partial charge in [-0.3, -0.25) is 9.78 Å². The fourth-order valence-corrected chi connectivity index (χ4v) is 1.57. The molecule has 0 fully saturated rings. The Morgan fingerprint density at radius 1 is 1.18 bits per heavy atom. The summed E-state index contributed by atoms with van der Waals surface area (Å²) in [5.41, 5.74) is 0.248. The van der Waals surface area contributed by atoms with Crippen LogP contribution in [-0.4, -0.2) is 24.7 Å². The molecular formula is C10H7N5O2. The lowest BCUT2D eigenvalue weighted by Crippen LogP contribution is -2.25. The standard InChI is InChI=1S/C10H7N5O2/c16-9-8(15-10(17)11-5-12-15)13-6-3-1-2-4-7(6)14-9/h1-5H,(H,14,16)(H,11,12,17). The Morgan fingerprint density at radius 3 is 2.76 bits per heavy atom. The SMILES string of the molecule is O=c1[nH]c2ccccc2nc1-n1nc[nH]c1=O. The molecule has 3 rings (SSSR count). The molecule has 2 heterocycles. The normalized spacial score (nSPS) is 10.8. The maximum Gasteiger partial charge on any atom is 0.349 e. The van der Waals surface area contributed by atoms with Gasteiger partial charge in [0.2, 0.25) is 5.82 Å². The van der Waals surface area contributed by atoms with Crippen molar-refractivity contribution in [3.8, 4) is 5.82 Å². The largest absolute Gasteiger partial charge is 0.349 e. The van der Waals surface area contributed by atoms with E-state index in [0.717, 1.165) is 4.68 Å². The molecule has 0 bridgehead atoms. The number of rotatable bonds is 1. The maximum atomic E-state index is 11.8. The zero-order valence-electron chi connectivity index (χ0n) is 8.54. The van der Waals surface area contributed by atoms with Crippen LogP contribution in [0.1, 0.15) is 0 Å². The third kappa shape index (κ3) is 1.44. The lowest BCUT2D eigenvalue weighted by Gasteiger charge is -2.00. The molecular weight excluding hydrogens is 222 g/mol. The monoisotopic (exact) mass is 229 g/mol. The van der Waals surface area contributed by atoms with E-state index in [1.54, 1.807) is 24.3 Å². The van der Waals surface area contributed by atoms with Gasteiger partial charge in [-0.05, 0) is 12.1 Å². The number of para-hydroxylation sites is 2. The molecule has 0 aliphatic carbocycles. The molecule has 7 heteroatoms. The van der Waals surface area contributed by atoms with Gasteiger partial charge in [0.1, 0.15) is 6.33 Å². The van der Waals surface area contributed by atoms with Crippen molar-refractivity contribution in [3.05, 3.63) is 51.4 Å². The average molecular weight is 229 g/mol. The minimum Gasteiger partial charge on any atom is -0.317 e. The van der Waals surface area contributed by atoms with Gasteiger partial charge in [-0.25, -0.2) is 9.78 Å². The van der Waals surface area contributed by atoms with Crippen LogP contribution in [0.3, 0.4) is 0 Å². The van der Waals surface area contributed by atoms with Gasteiger partial charge in [0.25, 0.3) is 5.56 Å². The van der Waals surface area contributed by atoms with E-state index >= 15 is 0 Å². The second-order valence-corrected chi connectivity index (χ2v) is 3.41. The summed E-state index contributed by atoms with van der Waals surface area (Å²) in [5.74, 6) is -0.0463. The van der Waals surface area contributed by atoms with Crippen LogP contribution in [0.4, 0.5) is 0 Å². The minimum absolute atomic E-state index is 0.0463. The summed E-state index contributed by atoms with van der Waals surface area (Å²) in [4.78, 5) is 32.2. The summed E-state index contributed by atoms with van der Waals surface area (Å²) >= 11 is 0. The molecule has 0 spiro atoms. The van der Waals surface area contributed by atoms with Crippen LogP contribution in [0.15, 0.2) is 40.2 Å². The van der Waals surface area contributed by atoms with E-state index in [2.05, 4.69) is 20.1 Å². The predicted molar refractivity (Wildman–Crippen MR) is 60.1 cm³/mol. The topological polar surface area (TPSA) is 96.4 Å². The van der Waals surface area contributed by atoms with Gasteiger partial charge in [0.15, 0.2) is 0 Å². The van der Waals surface area contributed by atoms with Crippen LogP contribution in [0.2, 0.25) is 0 Å². The lowest BCUT2D eigenvalue weighted by molar-refractivity contribution is 0.802. The Kier molecular flexibility index (Phi) is 1.91. The van der Waals surface area contributed by atoms with Crippen molar-refractivity contribution in [2.45, 2.75) is 0 Å². The van der Waals surface area contributed by atoms with Crippen molar-refractivity contribution in [2.75, 3.05) is 0 Å². The number of aromatic amines is 2.